The first kappa shape index (κ1) is 24.0. The average Bonchev–Trinajstić information content (AvgIpc) is 3.54. The summed E-state index contributed by atoms with van der Waals surface area (Å²) in [4.78, 5) is 30.7. The number of aromatic nitrogens is 2. The molecule has 36 heavy (non-hydrogen) atoms. The zero-order valence-electron chi connectivity index (χ0n) is 20.2. The van der Waals surface area contributed by atoms with Crippen molar-refractivity contribution in [1.29, 1.82) is 0 Å². The number of pyridine rings is 1. The van der Waals surface area contributed by atoms with Gasteiger partial charge in [-0.05, 0) is 66.8 Å². The number of esters is 1. The lowest BCUT2D eigenvalue weighted by Crippen LogP contribution is -2.40. The molecule has 1 amide bonds. The molecular weight excluding hydrogens is 463 g/mol. The second-order valence-corrected chi connectivity index (χ2v) is 9.81. The highest BCUT2D eigenvalue weighted by Crippen LogP contribution is 2.53. The molecule has 1 spiro atoms. The van der Waals surface area contributed by atoms with Crippen LogP contribution in [0.5, 0.6) is 0 Å². The van der Waals surface area contributed by atoms with E-state index in [0.29, 0.717) is 23.5 Å². The Morgan fingerprint density at radius 2 is 1.97 bits per heavy atom. The van der Waals surface area contributed by atoms with Crippen molar-refractivity contribution in [2.45, 2.75) is 38.7 Å². The third-order valence-corrected chi connectivity index (χ3v) is 7.28. The van der Waals surface area contributed by atoms with Crippen LogP contribution in [-0.2, 0) is 16.1 Å². The number of amides is 1. The van der Waals surface area contributed by atoms with Crippen LogP contribution in [-0.4, -0.2) is 42.2 Å². The van der Waals surface area contributed by atoms with Gasteiger partial charge in [-0.1, -0.05) is 17.3 Å². The lowest BCUT2D eigenvalue weighted by Gasteiger charge is -2.45. The van der Waals surface area contributed by atoms with E-state index in [1.165, 1.54) is 25.2 Å². The van der Waals surface area contributed by atoms with Crippen LogP contribution in [0.2, 0.25) is 0 Å². The van der Waals surface area contributed by atoms with Crippen molar-refractivity contribution in [2.75, 3.05) is 25.0 Å². The van der Waals surface area contributed by atoms with E-state index in [-0.39, 0.29) is 30.0 Å². The number of benzene rings is 1. The van der Waals surface area contributed by atoms with E-state index in [1.54, 1.807) is 12.1 Å². The molecule has 0 unspecified atom stereocenters. The molecule has 9 heteroatoms. The van der Waals surface area contributed by atoms with Crippen LogP contribution in [0.3, 0.4) is 0 Å². The Labute approximate surface area is 208 Å². The SMILES string of the molecule is CNC(=O)c1cc(COC(=O)CCC2CC3(CCN(c4ccc(-c5ccc(F)cc5)cn4)C3)C2)on1. The summed E-state index contributed by atoms with van der Waals surface area (Å²) in [6, 6.07) is 12.0. The van der Waals surface area contributed by atoms with Crippen LogP contribution in [0.1, 0.15) is 48.4 Å². The van der Waals surface area contributed by atoms with Crippen LogP contribution in [0.4, 0.5) is 10.2 Å². The molecule has 3 aromatic rings. The second-order valence-electron chi connectivity index (χ2n) is 9.81. The first-order valence-electron chi connectivity index (χ1n) is 12.2. The maximum Gasteiger partial charge on any atom is 0.306 e. The second kappa shape index (κ2) is 10.1. The molecule has 2 aromatic heterocycles. The van der Waals surface area contributed by atoms with E-state index in [0.717, 1.165) is 55.7 Å². The van der Waals surface area contributed by atoms with Crippen LogP contribution >= 0.6 is 0 Å². The Bertz CT molecular complexity index is 1220. The summed E-state index contributed by atoms with van der Waals surface area (Å²) in [6.07, 6.45) is 6.39. The minimum Gasteiger partial charge on any atom is -0.457 e. The third-order valence-electron chi connectivity index (χ3n) is 7.28. The molecule has 1 aliphatic heterocycles. The fourth-order valence-electron chi connectivity index (χ4n) is 5.38. The Hall–Kier alpha value is -3.75. The van der Waals surface area contributed by atoms with Crippen molar-refractivity contribution in [3.8, 4) is 11.1 Å². The molecule has 1 saturated heterocycles. The van der Waals surface area contributed by atoms with Gasteiger partial charge >= 0.3 is 5.97 Å². The molecule has 5 rings (SSSR count). The summed E-state index contributed by atoms with van der Waals surface area (Å²) in [7, 11) is 1.51. The molecule has 0 radical (unpaired) electrons. The molecule has 1 aliphatic carbocycles. The smallest absolute Gasteiger partial charge is 0.306 e. The fourth-order valence-corrected chi connectivity index (χ4v) is 5.38. The Kier molecular flexibility index (Phi) is 6.71. The van der Waals surface area contributed by atoms with Crippen LogP contribution < -0.4 is 10.2 Å². The van der Waals surface area contributed by atoms with Crippen molar-refractivity contribution in [2.24, 2.45) is 11.3 Å². The third kappa shape index (κ3) is 5.24. The first-order chi connectivity index (χ1) is 17.4. The zero-order valence-corrected chi connectivity index (χ0v) is 20.2. The zero-order chi connectivity index (χ0) is 25.1. The maximum absolute atomic E-state index is 13.2. The average molecular weight is 493 g/mol. The molecule has 3 heterocycles. The van der Waals surface area contributed by atoms with Crippen molar-refractivity contribution in [3.05, 3.63) is 65.9 Å². The molecular formula is C27H29FN4O4. The van der Waals surface area contributed by atoms with Gasteiger partial charge in [0.2, 0.25) is 0 Å². The number of anilines is 1. The minimum absolute atomic E-state index is 0.0284. The quantitative estimate of drug-likeness (QED) is 0.467. The monoisotopic (exact) mass is 492 g/mol. The number of ether oxygens (including phenoxy) is 1. The van der Waals surface area contributed by atoms with Gasteiger partial charge in [-0.25, -0.2) is 9.37 Å². The van der Waals surface area contributed by atoms with Crippen molar-refractivity contribution in [3.63, 3.8) is 0 Å². The number of hydrogen-bond acceptors (Lipinski definition) is 7. The predicted molar refractivity (Wildman–Crippen MR) is 131 cm³/mol. The summed E-state index contributed by atoms with van der Waals surface area (Å²) in [5.74, 6) is 0.972. The molecule has 0 atom stereocenters. The summed E-state index contributed by atoms with van der Waals surface area (Å²) in [5, 5.41) is 6.11. The molecule has 2 aliphatic rings. The Balaban J connectivity index is 1.04. The topological polar surface area (TPSA) is 97.6 Å². The number of nitrogens with zero attached hydrogens (tertiary/aromatic N) is 3. The molecule has 1 aromatic carbocycles. The van der Waals surface area contributed by atoms with Gasteiger partial charge in [0.1, 0.15) is 11.6 Å². The lowest BCUT2D eigenvalue weighted by atomic mass is 9.60. The predicted octanol–water partition coefficient (Wildman–Crippen LogP) is 4.37. The van der Waals surface area contributed by atoms with Gasteiger partial charge in [-0.2, -0.15) is 0 Å². The molecule has 2 fully saturated rings. The van der Waals surface area contributed by atoms with Crippen LogP contribution in [0, 0.1) is 17.2 Å². The van der Waals surface area contributed by atoms with Crippen LogP contribution in [0.25, 0.3) is 11.1 Å². The van der Waals surface area contributed by atoms with Crippen molar-refractivity contribution in [1.82, 2.24) is 15.5 Å². The highest BCUT2D eigenvalue weighted by molar-refractivity contribution is 5.91. The van der Waals surface area contributed by atoms with E-state index in [9.17, 15) is 14.0 Å². The molecule has 1 N–H and O–H groups in total. The van der Waals surface area contributed by atoms with Crippen LogP contribution in [0.15, 0.2) is 53.2 Å². The van der Waals surface area contributed by atoms with E-state index in [2.05, 4.69) is 20.4 Å². The van der Waals surface area contributed by atoms with Gasteiger partial charge in [-0.15, -0.1) is 0 Å². The number of nitrogens with one attached hydrogen (secondary N) is 1. The minimum atomic E-state index is -0.349. The standard InChI is InChI=1S/C27H29FN4O4/c1-29-26(34)23-12-22(36-31-23)16-35-25(33)9-2-18-13-27(14-18)10-11-32(17-27)24-8-5-20(15-30-24)19-3-6-21(28)7-4-19/h3-8,12,15,18H,2,9-11,13-14,16-17H2,1H3,(H,29,34). The highest BCUT2D eigenvalue weighted by Gasteiger charge is 2.48. The van der Waals surface area contributed by atoms with Gasteiger partial charge in [0, 0.05) is 44.4 Å². The van der Waals surface area contributed by atoms with Crippen molar-refractivity contribution < 1.29 is 23.2 Å². The van der Waals surface area contributed by atoms with E-state index < -0.39 is 0 Å². The van der Waals surface area contributed by atoms with E-state index in [1.807, 2.05) is 18.3 Å². The van der Waals surface area contributed by atoms with Gasteiger partial charge in [0.05, 0.1) is 0 Å². The number of carbonyl (C=O) groups excluding carboxylic acids is 2. The normalized spacial score (nSPS) is 20.8. The summed E-state index contributed by atoms with van der Waals surface area (Å²) >= 11 is 0. The summed E-state index contributed by atoms with van der Waals surface area (Å²) in [5.41, 5.74) is 2.39. The molecule has 8 nitrogen and oxygen atoms in total. The Morgan fingerprint density at radius 1 is 1.19 bits per heavy atom. The highest BCUT2D eigenvalue weighted by atomic mass is 19.1. The summed E-state index contributed by atoms with van der Waals surface area (Å²) in [6.45, 7) is 1.93. The molecule has 188 valence electrons. The van der Waals surface area contributed by atoms with Gasteiger partial charge < -0.3 is 19.5 Å². The first-order valence-corrected chi connectivity index (χ1v) is 12.2. The number of halogens is 1. The van der Waals surface area contributed by atoms with E-state index >= 15 is 0 Å². The Morgan fingerprint density at radius 3 is 2.69 bits per heavy atom. The van der Waals surface area contributed by atoms with Gasteiger partial charge in [0.25, 0.3) is 5.91 Å². The molecule has 1 saturated carbocycles. The molecule has 0 bridgehead atoms. The largest absolute Gasteiger partial charge is 0.457 e. The lowest BCUT2D eigenvalue weighted by molar-refractivity contribution is -0.146. The van der Waals surface area contributed by atoms with Gasteiger partial charge in [-0.3, -0.25) is 9.59 Å². The maximum atomic E-state index is 13.2. The van der Waals surface area contributed by atoms with Gasteiger partial charge in [0.15, 0.2) is 18.1 Å². The van der Waals surface area contributed by atoms with E-state index in [4.69, 9.17) is 9.26 Å². The fraction of sp³-hybridized carbons (Fsp3) is 0.407. The summed E-state index contributed by atoms with van der Waals surface area (Å²) < 4.78 is 23.5. The number of carbonyl (C=O) groups is 2. The van der Waals surface area contributed by atoms with Crippen molar-refractivity contribution >= 4 is 17.7 Å². The number of rotatable bonds is 8. The number of hydrogen-bond donors (Lipinski definition) is 1.